The van der Waals surface area contributed by atoms with Gasteiger partial charge in [0.05, 0.1) is 0 Å². The van der Waals surface area contributed by atoms with Gasteiger partial charge in [-0.05, 0) is 68.6 Å². The second kappa shape index (κ2) is 7.87. The van der Waals surface area contributed by atoms with Gasteiger partial charge < -0.3 is 10.2 Å². The summed E-state index contributed by atoms with van der Waals surface area (Å²) in [6, 6.07) is 15.6. The summed E-state index contributed by atoms with van der Waals surface area (Å²) >= 11 is 1.62. The van der Waals surface area contributed by atoms with E-state index in [1.165, 1.54) is 19.5 Å². The molecule has 2 heterocycles. The molecule has 27 heavy (non-hydrogen) atoms. The fourth-order valence-corrected chi connectivity index (χ4v) is 4.82. The minimum Gasteiger partial charge on any atom is -0.348 e. The number of hydrogen-bond donors (Lipinski definition) is 1. The molecule has 1 amide bonds. The van der Waals surface area contributed by atoms with E-state index in [0.717, 1.165) is 34.2 Å². The Morgan fingerprint density at radius 1 is 0.963 bits per heavy atom. The largest absolute Gasteiger partial charge is 0.348 e. The van der Waals surface area contributed by atoms with E-state index < -0.39 is 0 Å². The van der Waals surface area contributed by atoms with Crippen LogP contribution >= 0.6 is 11.8 Å². The van der Waals surface area contributed by atoms with E-state index in [-0.39, 0.29) is 17.7 Å². The average Bonchev–Trinajstić information content (AvgIpc) is 3.01. The first kappa shape index (κ1) is 18.3. The summed E-state index contributed by atoms with van der Waals surface area (Å²) in [5, 5.41) is 3.20. The van der Waals surface area contributed by atoms with Crippen LogP contribution in [0, 0.1) is 5.92 Å². The standard InChI is InChI=1S/C22H24N2O2S/c1-15(25)17-2-6-20(7-3-17)27-21-8-4-18(5-9-21)22(26)23-19-12-16-10-11-24(13-16)14-19/h2-9,16,19H,10-14H2,1H3,(H,23,26). The summed E-state index contributed by atoms with van der Waals surface area (Å²) in [6.45, 7) is 4.93. The first-order chi connectivity index (χ1) is 13.1. The quantitative estimate of drug-likeness (QED) is 0.800. The number of nitrogens with zero attached hydrogens (tertiary/aromatic N) is 1. The van der Waals surface area contributed by atoms with Crippen LogP contribution in [-0.4, -0.2) is 42.3 Å². The van der Waals surface area contributed by atoms with Crippen LogP contribution in [0.25, 0.3) is 0 Å². The highest BCUT2D eigenvalue weighted by Gasteiger charge is 2.32. The summed E-state index contributed by atoms with van der Waals surface area (Å²) in [4.78, 5) is 28.5. The second-order valence-electron chi connectivity index (χ2n) is 7.53. The number of benzene rings is 2. The highest BCUT2D eigenvalue weighted by molar-refractivity contribution is 7.99. The van der Waals surface area contributed by atoms with E-state index in [0.29, 0.717) is 5.56 Å². The molecule has 2 aliphatic rings. The van der Waals surface area contributed by atoms with Crippen molar-refractivity contribution in [1.82, 2.24) is 10.2 Å². The van der Waals surface area contributed by atoms with E-state index in [9.17, 15) is 9.59 Å². The highest BCUT2D eigenvalue weighted by Crippen LogP contribution is 2.29. The molecule has 2 aromatic rings. The molecule has 2 aliphatic heterocycles. The monoisotopic (exact) mass is 380 g/mol. The lowest BCUT2D eigenvalue weighted by molar-refractivity contribution is 0.0908. The number of piperidine rings is 1. The van der Waals surface area contributed by atoms with Crippen LogP contribution in [-0.2, 0) is 0 Å². The molecule has 0 aromatic heterocycles. The molecule has 140 valence electrons. The van der Waals surface area contributed by atoms with E-state index in [1.807, 2.05) is 48.5 Å². The molecule has 1 N–H and O–H groups in total. The Labute approximate surface area is 164 Å². The Morgan fingerprint density at radius 2 is 1.59 bits per heavy atom. The molecule has 3 atom stereocenters. The molecule has 0 aliphatic carbocycles. The third-order valence-corrected chi connectivity index (χ3v) is 6.43. The Hall–Kier alpha value is -2.11. The molecule has 3 unspecified atom stereocenters. The van der Waals surface area contributed by atoms with Crippen molar-refractivity contribution in [3.63, 3.8) is 0 Å². The average molecular weight is 381 g/mol. The maximum absolute atomic E-state index is 12.5. The minimum absolute atomic E-state index is 0.0184. The van der Waals surface area contributed by atoms with Crippen LogP contribution in [0.5, 0.6) is 0 Å². The SMILES string of the molecule is CC(=O)c1ccc(Sc2ccc(C(=O)NC3CC4CCN(C4)C3)cc2)cc1. The van der Waals surface area contributed by atoms with Gasteiger partial charge in [-0.2, -0.15) is 0 Å². The molecule has 0 spiro atoms. The molecule has 0 radical (unpaired) electrons. The molecule has 2 aromatic carbocycles. The maximum atomic E-state index is 12.5. The Kier molecular flexibility index (Phi) is 5.32. The smallest absolute Gasteiger partial charge is 0.251 e. The van der Waals surface area contributed by atoms with Crippen LogP contribution in [0.2, 0.25) is 0 Å². The van der Waals surface area contributed by atoms with Crippen molar-refractivity contribution in [2.75, 3.05) is 19.6 Å². The molecule has 2 saturated heterocycles. The maximum Gasteiger partial charge on any atom is 0.251 e. The van der Waals surface area contributed by atoms with Gasteiger partial charge >= 0.3 is 0 Å². The Bertz CT molecular complexity index is 820. The minimum atomic E-state index is 0.0184. The van der Waals surface area contributed by atoms with E-state index in [1.54, 1.807) is 18.7 Å². The molecule has 4 rings (SSSR count). The number of ketones is 1. The summed E-state index contributed by atoms with van der Waals surface area (Å²) < 4.78 is 0. The zero-order valence-corrected chi connectivity index (χ0v) is 16.3. The van der Waals surface area contributed by atoms with E-state index in [4.69, 9.17) is 0 Å². The normalized spacial score (nSPS) is 23.8. The van der Waals surface area contributed by atoms with Gasteiger partial charge in [0.1, 0.15) is 0 Å². The lowest BCUT2D eigenvalue weighted by atomic mass is 9.96. The number of amides is 1. The van der Waals surface area contributed by atoms with E-state index >= 15 is 0 Å². The van der Waals surface area contributed by atoms with E-state index in [2.05, 4.69) is 10.2 Å². The van der Waals surface area contributed by atoms with Gasteiger partial charge in [0.15, 0.2) is 5.78 Å². The van der Waals surface area contributed by atoms with Crippen molar-refractivity contribution >= 4 is 23.5 Å². The molecular formula is C22H24N2O2S. The van der Waals surface area contributed by atoms with Crippen LogP contribution in [0.15, 0.2) is 58.3 Å². The van der Waals surface area contributed by atoms with Crippen molar-refractivity contribution in [1.29, 1.82) is 0 Å². The van der Waals surface area contributed by atoms with Gasteiger partial charge in [-0.25, -0.2) is 0 Å². The number of nitrogens with one attached hydrogen (secondary N) is 1. The summed E-state index contributed by atoms with van der Waals surface area (Å²) in [5.41, 5.74) is 1.43. The van der Waals surface area contributed by atoms with Crippen molar-refractivity contribution in [2.45, 2.75) is 35.6 Å². The fraction of sp³-hybridized carbons (Fsp3) is 0.364. The van der Waals surface area contributed by atoms with Crippen LogP contribution in [0.1, 0.15) is 40.5 Å². The van der Waals surface area contributed by atoms with Gasteiger partial charge in [-0.1, -0.05) is 23.9 Å². The van der Waals surface area contributed by atoms with Crippen molar-refractivity contribution in [3.05, 3.63) is 59.7 Å². The van der Waals surface area contributed by atoms with Crippen molar-refractivity contribution in [2.24, 2.45) is 5.92 Å². The van der Waals surface area contributed by atoms with Crippen LogP contribution in [0.4, 0.5) is 0 Å². The molecule has 5 heteroatoms. The lowest BCUT2D eigenvalue weighted by Gasteiger charge is -2.30. The van der Waals surface area contributed by atoms with Gasteiger partial charge in [0.2, 0.25) is 0 Å². The summed E-state index contributed by atoms with van der Waals surface area (Å²) in [7, 11) is 0. The number of Topliss-reactive ketones (excluding diaryl/α,β-unsaturated/α-hetero) is 1. The van der Waals surface area contributed by atoms with Gasteiger partial charge in [0.25, 0.3) is 5.91 Å². The van der Waals surface area contributed by atoms with Crippen LogP contribution < -0.4 is 5.32 Å². The third kappa shape index (κ3) is 4.42. The lowest BCUT2D eigenvalue weighted by Crippen LogP contribution is -2.47. The number of carbonyl (C=O) groups is 2. The van der Waals surface area contributed by atoms with Crippen molar-refractivity contribution in [3.8, 4) is 0 Å². The van der Waals surface area contributed by atoms with Gasteiger partial charge in [-0.3, -0.25) is 9.59 Å². The molecule has 2 bridgehead atoms. The van der Waals surface area contributed by atoms with Gasteiger partial charge in [0, 0.05) is 40.0 Å². The predicted octanol–water partition coefficient (Wildman–Crippen LogP) is 3.86. The van der Waals surface area contributed by atoms with Crippen molar-refractivity contribution < 1.29 is 9.59 Å². The first-order valence-corrected chi connectivity index (χ1v) is 10.3. The highest BCUT2D eigenvalue weighted by atomic mass is 32.2. The molecule has 4 nitrogen and oxygen atoms in total. The topological polar surface area (TPSA) is 49.4 Å². The zero-order valence-electron chi connectivity index (χ0n) is 15.5. The first-order valence-electron chi connectivity index (χ1n) is 9.49. The zero-order chi connectivity index (χ0) is 18.8. The van der Waals surface area contributed by atoms with Gasteiger partial charge in [-0.15, -0.1) is 0 Å². The number of fused-ring (bicyclic) bond motifs is 2. The summed E-state index contributed by atoms with van der Waals surface area (Å²) in [6.07, 6.45) is 2.37. The molecule has 0 saturated carbocycles. The molecule has 2 fully saturated rings. The number of rotatable bonds is 5. The number of carbonyl (C=O) groups excluding carboxylic acids is 2. The Morgan fingerprint density at radius 3 is 2.19 bits per heavy atom. The predicted molar refractivity (Wildman–Crippen MR) is 107 cm³/mol. The second-order valence-corrected chi connectivity index (χ2v) is 8.67. The molecular weight excluding hydrogens is 356 g/mol. The number of hydrogen-bond acceptors (Lipinski definition) is 4. The fourth-order valence-electron chi connectivity index (χ4n) is 4.00. The third-order valence-electron chi connectivity index (χ3n) is 5.41. The Balaban J connectivity index is 1.35. The van der Waals surface area contributed by atoms with Crippen LogP contribution in [0.3, 0.4) is 0 Å². The summed E-state index contributed by atoms with van der Waals surface area (Å²) in [5.74, 6) is 0.840.